The Balaban J connectivity index is 1.33. The second-order valence-corrected chi connectivity index (χ2v) is 9.42. The van der Waals surface area contributed by atoms with Gasteiger partial charge < -0.3 is 10.0 Å². The van der Waals surface area contributed by atoms with Crippen LogP contribution in [-0.2, 0) is 19.5 Å². The fourth-order valence-corrected chi connectivity index (χ4v) is 4.75. The van der Waals surface area contributed by atoms with Gasteiger partial charge >= 0.3 is 5.97 Å². The van der Waals surface area contributed by atoms with Crippen molar-refractivity contribution in [1.29, 1.82) is 0 Å². The molecule has 198 valence electrons. The number of anilines is 1. The minimum absolute atomic E-state index is 0.230. The number of aryl methyl sites for hydroxylation is 2. The van der Waals surface area contributed by atoms with E-state index < -0.39 is 5.97 Å². The standard InChI is InChI=1S/C30H31N7O2/c1-2-18-36(29-27(30(38)39)21-37(33-29)19-8-11-22-9-4-3-5-10-22)20-23-14-16-24(17-15-23)25-12-6-7-13-26(25)28-31-34-35-32-28/h3-7,9-10,12-17,21H,2,8,11,18-20H2,1H3,(H,38,39)(H,31,32,34,35). The summed E-state index contributed by atoms with van der Waals surface area (Å²) in [5.41, 5.74) is 5.51. The number of aromatic carboxylic acids is 1. The van der Waals surface area contributed by atoms with E-state index in [-0.39, 0.29) is 5.56 Å². The fourth-order valence-electron chi connectivity index (χ4n) is 4.75. The van der Waals surface area contributed by atoms with Gasteiger partial charge in [-0.25, -0.2) is 4.79 Å². The van der Waals surface area contributed by atoms with Crippen molar-refractivity contribution in [2.45, 2.75) is 39.3 Å². The lowest BCUT2D eigenvalue weighted by molar-refractivity contribution is 0.0697. The Kier molecular flexibility index (Phi) is 8.06. The molecule has 5 aromatic rings. The molecule has 2 heterocycles. The van der Waals surface area contributed by atoms with Gasteiger partial charge in [0.1, 0.15) is 5.56 Å². The summed E-state index contributed by atoms with van der Waals surface area (Å²) in [5, 5.41) is 29.1. The SMILES string of the molecule is CCCN(Cc1ccc(-c2ccccc2-c2nn[nH]n2)cc1)c1nn(CCCc2ccccc2)cc1C(=O)O. The summed E-state index contributed by atoms with van der Waals surface area (Å²) < 4.78 is 1.77. The molecule has 0 radical (unpaired) electrons. The lowest BCUT2D eigenvalue weighted by atomic mass is 9.98. The van der Waals surface area contributed by atoms with Crippen molar-refractivity contribution >= 4 is 11.8 Å². The summed E-state index contributed by atoms with van der Waals surface area (Å²) in [6.07, 6.45) is 4.32. The number of nitrogens with zero attached hydrogens (tertiary/aromatic N) is 6. The number of aromatic amines is 1. The van der Waals surface area contributed by atoms with Crippen molar-refractivity contribution in [3.63, 3.8) is 0 Å². The summed E-state index contributed by atoms with van der Waals surface area (Å²) in [7, 11) is 0. The number of benzene rings is 3. The van der Waals surface area contributed by atoms with Gasteiger partial charge in [0.05, 0.1) is 0 Å². The second kappa shape index (κ2) is 12.2. The van der Waals surface area contributed by atoms with Crippen molar-refractivity contribution in [3.8, 4) is 22.5 Å². The average molecular weight is 522 g/mol. The quantitative estimate of drug-likeness (QED) is 0.224. The molecule has 0 fully saturated rings. The Bertz CT molecular complexity index is 1500. The van der Waals surface area contributed by atoms with E-state index in [1.54, 1.807) is 10.9 Å². The highest BCUT2D eigenvalue weighted by Crippen LogP contribution is 2.30. The zero-order chi connectivity index (χ0) is 27.0. The smallest absolute Gasteiger partial charge is 0.341 e. The highest BCUT2D eigenvalue weighted by atomic mass is 16.4. The molecule has 0 amide bonds. The predicted octanol–water partition coefficient (Wildman–Crippen LogP) is 5.48. The van der Waals surface area contributed by atoms with E-state index in [9.17, 15) is 9.90 Å². The van der Waals surface area contributed by atoms with Crippen molar-refractivity contribution in [2.24, 2.45) is 0 Å². The maximum atomic E-state index is 12.1. The van der Waals surface area contributed by atoms with Gasteiger partial charge in [0.15, 0.2) is 5.82 Å². The number of rotatable bonds is 12. The molecule has 9 heteroatoms. The number of nitrogens with one attached hydrogen (secondary N) is 1. The monoisotopic (exact) mass is 521 g/mol. The molecule has 0 atom stereocenters. The molecular formula is C30H31N7O2. The number of H-pyrrole nitrogens is 1. The van der Waals surface area contributed by atoms with E-state index in [0.29, 0.717) is 31.3 Å². The summed E-state index contributed by atoms with van der Waals surface area (Å²) in [4.78, 5) is 14.2. The summed E-state index contributed by atoms with van der Waals surface area (Å²) >= 11 is 0. The van der Waals surface area contributed by atoms with Crippen LogP contribution in [0.15, 0.2) is 85.1 Å². The number of carboxylic acids is 1. The van der Waals surface area contributed by atoms with Crippen LogP contribution in [0.1, 0.15) is 41.3 Å². The molecule has 5 rings (SSSR count). The summed E-state index contributed by atoms with van der Waals surface area (Å²) in [5.74, 6) is 0.0915. The highest BCUT2D eigenvalue weighted by molar-refractivity contribution is 5.93. The molecule has 9 nitrogen and oxygen atoms in total. The minimum atomic E-state index is -0.964. The molecule has 2 N–H and O–H groups in total. The Morgan fingerprint density at radius 2 is 1.69 bits per heavy atom. The van der Waals surface area contributed by atoms with Gasteiger partial charge in [-0.1, -0.05) is 85.8 Å². The first kappa shape index (κ1) is 25.8. The Morgan fingerprint density at radius 1 is 0.949 bits per heavy atom. The first-order valence-electron chi connectivity index (χ1n) is 13.1. The van der Waals surface area contributed by atoms with Crippen LogP contribution in [0, 0.1) is 0 Å². The van der Waals surface area contributed by atoms with Crippen LogP contribution >= 0.6 is 0 Å². The molecule has 0 aliphatic carbocycles. The molecule has 0 bridgehead atoms. The molecule has 0 saturated carbocycles. The van der Waals surface area contributed by atoms with Gasteiger partial charge in [0.2, 0.25) is 5.82 Å². The molecular weight excluding hydrogens is 490 g/mol. The highest BCUT2D eigenvalue weighted by Gasteiger charge is 2.21. The van der Waals surface area contributed by atoms with Crippen molar-refractivity contribution in [3.05, 3.63) is 102 Å². The van der Waals surface area contributed by atoms with Crippen LogP contribution in [0.4, 0.5) is 5.82 Å². The van der Waals surface area contributed by atoms with E-state index in [4.69, 9.17) is 5.10 Å². The van der Waals surface area contributed by atoms with E-state index in [1.807, 2.05) is 42.5 Å². The molecule has 2 aromatic heterocycles. The zero-order valence-corrected chi connectivity index (χ0v) is 21.9. The average Bonchev–Trinajstić information content (AvgIpc) is 3.65. The van der Waals surface area contributed by atoms with Gasteiger partial charge in [-0.3, -0.25) is 4.68 Å². The second-order valence-electron chi connectivity index (χ2n) is 9.42. The lowest BCUT2D eigenvalue weighted by Crippen LogP contribution is -2.25. The Hall–Kier alpha value is -4.79. The van der Waals surface area contributed by atoms with Crippen LogP contribution in [0.5, 0.6) is 0 Å². The number of carboxylic acid groups (broad SMARTS) is 1. The van der Waals surface area contributed by atoms with E-state index in [1.165, 1.54) is 5.56 Å². The van der Waals surface area contributed by atoms with Crippen LogP contribution in [0.3, 0.4) is 0 Å². The van der Waals surface area contributed by atoms with E-state index in [2.05, 4.69) is 68.8 Å². The van der Waals surface area contributed by atoms with Crippen LogP contribution in [0.25, 0.3) is 22.5 Å². The number of tetrazole rings is 1. The third-order valence-electron chi connectivity index (χ3n) is 6.61. The molecule has 0 aliphatic rings. The Morgan fingerprint density at radius 3 is 2.38 bits per heavy atom. The van der Waals surface area contributed by atoms with Crippen molar-refractivity contribution < 1.29 is 9.90 Å². The molecule has 0 aliphatic heterocycles. The van der Waals surface area contributed by atoms with E-state index in [0.717, 1.165) is 41.5 Å². The lowest BCUT2D eigenvalue weighted by Gasteiger charge is -2.23. The maximum absolute atomic E-state index is 12.1. The van der Waals surface area contributed by atoms with Crippen LogP contribution in [-0.4, -0.2) is 48.0 Å². The van der Waals surface area contributed by atoms with Gasteiger partial charge in [0, 0.05) is 31.4 Å². The summed E-state index contributed by atoms with van der Waals surface area (Å²) in [6.45, 7) is 4.00. The molecule has 39 heavy (non-hydrogen) atoms. The number of hydrogen-bond donors (Lipinski definition) is 2. The van der Waals surface area contributed by atoms with Crippen molar-refractivity contribution in [2.75, 3.05) is 11.4 Å². The first-order valence-corrected chi connectivity index (χ1v) is 13.1. The fraction of sp³-hybridized carbons (Fsp3) is 0.233. The third kappa shape index (κ3) is 6.20. The first-order chi connectivity index (χ1) is 19.1. The minimum Gasteiger partial charge on any atom is -0.477 e. The maximum Gasteiger partial charge on any atom is 0.341 e. The van der Waals surface area contributed by atoms with E-state index >= 15 is 0 Å². The molecule has 0 spiro atoms. The normalized spacial score (nSPS) is 11.0. The van der Waals surface area contributed by atoms with Crippen molar-refractivity contribution in [1.82, 2.24) is 30.4 Å². The molecule has 3 aromatic carbocycles. The number of aromatic nitrogens is 6. The topological polar surface area (TPSA) is 113 Å². The van der Waals surface area contributed by atoms with Gasteiger partial charge in [-0.2, -0.15) is 10.3 Å². The van der Waals surface area contributed by atoms with Gasteiger partial charge in [-0.15, -0.1) is 10.2 Å². The molecule has 0 saturated heterocycles. The van der Waals surface area contributed by atoms with Gasteiger partial charge in [-0.05, 0) is 46.7 Å². The number of hydrogen-bond acceptors (Lipinski definition) is 6. The van der Waals surface area contributed by atoms with Crippen LogP contribution < -0.4 is 4.90 Å². The largest absolute Gasteiger partial charge is 0.477 e. The number of carbonyl (C=O) groups is 1. The predicted molar refractivity (Wildman–Crippen MR) is 150 cm³/mol. The third-order valence-corrected chi connectivity index (χ3v) is 6.61. The zero-order valence-electron chi connectivity index (χ0n) is 21.9. The summed E-state index contributed by atoms with van der Waals surface area (Å²) in [6, 6.07) is 26.5. The van der Waals surface area contributed by atoms with Gasteiger partial charge in [0.25, 0.3) is 0 Å². The molecule has 0 unspecified atom stereocenters. The Labute approximate surface area is 227 Å². The van der Waals surface area contributed by atoms with Crippen LogP contribution in [0.2, 0.25) is 0 Å².